The summed E-state index contributed by atoms with van der Waals surface area (Å²) in [4.78, 5) is 37.9. The molecule has 0 aliphatic heterocycles. The highest BCUT2D eigenvalue weighted by molar-refractivity contribution is 5.79. The first kappa shape index (κ1) is 20.2. The van der Waals surface area contributed by atoms with Gasteiger partial charge in [0.25, 0.3) is 5.56 Å². The van der Waals surface area contributed by atoms with Crippen LogP contribution in [0.25, 0.3) is 22.4 Å². The van der Waals surface area contributed by atoms with Crippen molar-refractivity contribution in [3.05, 3.63) is 82.0 Å². The number of carbonyl (C=O) groups is 1. The Bertz CT molecular complexity index is 1340. The topological polar surface area (TPSA) is 92.7 Å². The van der Waals surface area contributed by atoms with Gasteiger partial charge in [-0.15, -0.1) is 0 Å². The van der Waals surface area contributed by atoms with Crippen molar-refractivity contribution >= 4 is 16.9 Å². The summed E-state index contributed by atoms with van der Waals surface area (Å²) in [6.07, 6.45) is 2.48. The number of aromatic amines is 1. The monoisotopic (exact) mass is 427 g/mol. The summed E-state index contributed by atoms with van der Waals surface area (Å²) < 4.78 is 2.01. The van der Waals surface area contributed by atoms with Crippen molar-refractivity contribution < 1.29 is 4.79 Å². The number of fused-ring (bicyclic) bond motifs is 2. The fraction of sp³-hybridized carbons (Fsp3) is 0.280. The smallest absolute Gasteiger partial charge is 0.254 e. The second-order valence-corrected chi connectivity index (χ2v) is 8.27. The molecule has 2 heterocycles. The predicted octanol–water partition coefficient (Wildman–Crippen LogP) is 3.14. The van der Waals surface area contributed by atoms with Crippen LogP contribution in [0, 0.1) is 5.92 Å². The Hall–Kier alpha value is -3.74. The maximum absolute atomic E-state index is 12.9. The Labute approximate surface area is 185 Å². The van der Waals surface area contributed by atoms with E-state index in [0.29, 0.717) is 43.6 Å². The molecule has 0 saturated heterocycles. The third kappa shape index (κ3) is 3.82. The van der Waals surface area contributed by atoms with Gasteiger partial charge in [-0.2, -0.15) is 0 Å². The molecule has 162 valence electrons. The third-order valence-electron chi connectivity index (χ3n) is 6.29. The molecule has 7 nitrogen and oxygen atoms in total. The summed E-state index contributed by atoms with van der Waals surface area (Å²) in [5, 5.41) is 3.05. The van der Waals surface area contributed by atoms with E-state index in [1.165, 1.54) is 0 Å². The average molecular weight is 428 g/mol. The molecule has 4 aromatic rings. The van der Waals surface area contributed by atoms with Crippen LogP contribution in [-0.2, 0) is 31.2 Å². The molecule has 7 heteroatoms. The zero-order valence-corrected chi connectivity index (χ0v) is 18.0. The predicted molar refractivity (Wildman–Crippen MR) is 123 cm³/mol. The molecule has 1 amide bonds. The SMILES string of the molecule is Cn1c(CNC(=O)C2CCc3nc(-c4ccccc4)[nH]c(=O)c3CC2)nc2ccccc21. The maximum atomic E-state index is 12.9. The molecule has 0 saturated carbocycles. The Morgan fingerprint density at radius 1 is 1.06 bits per heavy atom. The zero-order chi connectivity index (χ0) is 22.1. The van der Waals surface area contributed by atoms with Crippen LogP contribution in [-0.4, -0.2) is 25.4 Å². The van der Waals surface area contributed by atoms with Crippen molar-refractivity contribution in [3.8, 4) is 11.4 Å². The molecule has 1 aliphatic carbocycles. The Balaban J connectivity index is 1.29. The molecule has 2 aromatic carbocycles. The van der Waals surface area contributed by atoms with Crippen LogP contribution in [0.2, 0.25) is 0 Å². The first-order chi connectivity index (χ1) is 15.6. The normalized spacial score (nSPS) is 15.8. The number of hydrogen-bond donors (Lipinski definition) is 2. The van der Waals surface area contributed by atoms with E-state index in [1.807, 2.05) is 66.2 Å². The van der Waals surface area contributed by atoms with Crippen LogP contribution in [0.1, 0.15) is 29.9 Å². The number of carbonyl (C=O) groups excluding carboxylic acids is 1. The van der Waals surface area contributed by atoms with Gasteiger partial charge in [-0.05, 0) is 37.8 Å². The minimum atomic E-state index is -0.154. The van der Waals surface area contributed by atoms with Crippen molar-refractivity contribution in [2.75, 3.05) is 0 Å². The van der Waals surface area contributed by atoms with Crippen LogP contribution in [0.3, 0.4) is 0 Å². The van der Waals surface area contributed by atoms with E-state index in [1.54, 1.807) is 0 Å². The van der Waals surface area contributed by atoms with Gasteiger partial charge in [0.15, 0.2) is 0 Å². The highest BCUT2D eigenvalue weighted by Crippen LogP contribution is 2.24. The summed E-state index contributed by atoms with van der Waals surface area (Å²) in [6.45, 7) is 0.379. The van der Waals surface area contributed by atoms with Crippen molar-refractivity contribution in [3.63, 3.8) is 0 Å². The summed E-state index contributed by atoms with van der Waals surface area (Å²) in [5.74, 6) is 1.25. The van der Waals surface area contributed by atoms with Crippen molar-refractivity contribution in [1.29, 1.82) is 0 Å². The molecule has 0 spiro atoms. The molecule has 5 rings (SSSR count). The summed E-state index contributed by atoms with van der Waals surface area (Å²) in [7, 11) is 1.96. The highest BCUT2D eigenvalue weighted by atomic mass is 16.2. The highest BCUT2D eigenvalue weighted by Gasteiger charge is 2.25. The lowest BCUT2D eigenvalue weighted by Crippen LogP contribution is -2.31. The van der Waals surface area contributed by atoms with Gasteiger partial charge < -0.3 is 14.9 Å². The lowest BCUT2D eigenvalue weighted by molar-refractivity contribution is -0.125. The van der Waals surface area contributed by atoms with Gasteiger partial charge in [-0.3, -0.25) is 9.59 Å². The summed E-state index contributed by atoms with van der Waals surface area (Å²) in [5.41, 5.74) is 4.25. The van der Waals surface area contributed by atoms with Crippen LogP contribution < -0.4 is 10.9 Å². The number of aryl methyl sites for hydroxylation is 2. The van der Waals surface area contributed by atoms with E-state index in [9.17, 15) is 9.59 Å². The molecule has 0 bridgehead atoms. The first-order valence-corrected chi connectivity index (χ1v) is 11.0. The number of nitrogens with zero attached hydrogens (tertiary/aromatic N) is 3. The quantitative estimate of drug-likeness (QED) is 0.490. The van der Waals surface area contributed by atoms with Gasteiger partial charge in [0.1, 0.15) is 11.6 Å². The summed E-state index contributed by atoms with van der Waals surface area (Å²) >= 11 is 0. The van der Waals surface area contributed by atoms with Crippen molar-refractivity contribution in [1.82, 2.24) is 24.8 Å². The standard InChI is InChI=1S/C25H25N5O2/c1-30-21-10-6-5-9-20(21)27-22(30)15-26-24(31)17-11-13-18-19(14-12-17)28-23(29-25(18)32)16-7-3-2-4-8-16/h2-10,17H,11-15H2,1H3,(H,26,31)(H,28,29,32). The number of para-hydroxylation sites is 2. The summed E-state index contributed by atoms with van der Waals surface area (Å²) in [6, 6.07) is 17.6. The van der Waals surface area contributed by atoms with Crippen molar-refractivity contribution in [2.45, 2.75) is 32.2 Å². The van der Waals surface area contributed by atoms with Gasteiger partial charge >= 0.3 is 0 Å². The number of nitrogens with one attached hydrogen (secondary N) is 2. The number of benzene rings is 2. The molecular weight excluding hydrogens is 402 g/mol. The lowest BCUT2D eigenvalue weighted by Gasteiger charge is -2.14. The van der Waals surface area contributed by atoms with E-state index < -0.39 is 0 Å². The van der Waals surface area contributed by atoms with Gasteiger partial charge in [-0.25, -0.2) is 9.97 Å². The number of H-pyrrole nitrogens is 1. The van der Waals surface area contributed by atoms with Crippen LogP contribution in [0.5, 0.6) is 0 Å². The van der Waals surface area contributed by atoms with Gasteiger partial charge in [0, 0.05) is 24.1 Å². The first-order valence-electron chi connectivity index (χ1n) is 11.0. The molecule has 2 aromatic heterocycles. The molecule has 0 radical (unpaired) electrons. The fourth-order valence-electron chi connectivity index (χ4n) is 4.44. The van der Waals surface area contributed by atoms with Crippen LogP contribution in [0.15, 0.2) is 59.4 Å². The van der Waals surface area contributed by atoms with E-state index in [2.05, 4.69) is 15.3 Å². The van der Waals surface area contributed by atoms with Gasteiger partial charge in [0.05, 0.1) is 23.3 Å². The van der Waals surface area contributed by atoms with Crippen molar-refractivity contribution in [2.24, 2.45) is 13.0 Å². The molecule has 1 unspecified atom stereocenters. The minimum Gasteiger partial charge on any atom is -0.349 e. The largest absolute Gasteiger partial charge is 0.349 e. The second kappa shape index (κ2) is 8.42. The lowest BCUT2D eigenvalue weighted by atomic mass is 9.99. The Morgan fingerprint density at radius 2 is 1.81 bits per heavy atom. The number of hydrogen-bond acceptors (Lipinski definition) is 4. The number of imidazole rings is 1. The van der Waals surface area contributed by atoms with Gasteiger partial charge in [0.2, 0.25) is 5.91 Å². The molecule has 1 aliphatic rings. The average Bonchev–Trinajstić information content (AvgIpc) is 2.99. The molecule has 1 atom stereocenters. The number of aromatic nitrogens is 4. The molecule has 32 heavy (non-hydrogen) atoms. The molecule has 2 N–H and O–H groups in total. The van der Waals surface area contributed by atoms with Crippen LogP contribution in [0.4, 0.5) is 0 Å². The van der Waals surface area contributed by atoms with E-state index >= 15 is 0 Å². The fourth-order valence-corrected chi connectivity index (χ4v) is 4.44. The molecule has 0 fully saturated rings. The third-order valence-corrected chi connectivity index (χ3v) is 6.29. The number of rotatable bonds is 4. The zero-order valence-electron chi connectivity index (χ0n) is 18.0. The minimum absolute atomic E-state index is 0.00423. The van der Waals surface area contributed by atoms with E-state index in [0.717, 1.165) is 28.1 Å². The van der Waals surface area contributed by atoms with E-state index in [4.69, 9.17) is 4.98 Å². The van der Waals surface area contributed by atoms with E-state index in [-0.39, 0.29) is 17.4 Å². The van der Waals surface area contributed by atoms with Gasteiger partial charge in [-0.1, -0.05) is 42.5 Å². The number of amides is 1. The van der Waals surface area contributed by atoms with Crippen LogP contribution >= 0.6 is 0 Å². The Kier molecular flexibility index (Phi) is 5.31. The Morgan fingerprint density at radius 3 is 2.62 bits per heavy atom. The molecular formula is C25H25N5O2. The maximum Gasteiger partial charge on any atom is 0.254 e. The second-order valence-electron chi connectivity index (χ2n) is 8.27.